The van der Waals surface area contributed by atoms with E-state index >= 15 is 0 Å². The Labute approximate surface area is 112 Å². The van der Waals surface area contributed by atoms with E-state index in [4.69, 9.17) is 4.74 Å². The lowest BCUT2D eigenvalue weighted by Gasteiger charge is -2.38. The van der Waals surface area contributed by atoms with Gasteiger partial charge in [0.15, 0.2) is 0 Å². The minimum atomic E-state index is 0.0436. The van der Waals surface area contributed by atoms with Crippen LogP contribution in [0, 0.1) is 0 Å². The molecular weight excluding hydrogens is 278 g/mol. The van der Waals surface area contributed by atoms with Gasteiger partial charge in [-0.25, -0.2) is 0 Å². The van der Waals surface area contributed by atoms with Crippen LogP contribution in [-0.4, -0.2) is 18.2 Å². The van der Waals surface area contributed by atoms with Crippen molar-refractivity contribution in [2.75, 3.05) is 11.9 Å². The standard InChI is InChI=1S/C14H20BrNO/c1-3-14(2)10-13(7-8-17-14)16-12-6-4-5-11(15)9-12/h4-6,9,13,16H,3,7-8,10H2,1-2H3. The lowest BCUT2D eigenvalue weighted by Crippen LogP contribution is -2.41. The fourth-order valence-electron chi connectivity index (χ4n) is 2.31. The summed E-state index contributed by atoms with van der Waals surface area (Å²) in [7, 11) is 0. The zero-order chi connectivity index (χ0) is 12.3. The molecule has 2 unspecified atom stereocenters. The molecule has 0 aliphatic carbocycles. The highest BCUT2D eigenvalue weighted by Gasteiger charge is 2.31. The summed E-state index contributed by atoms with van der Waals surface area (Å²) < 4.78 is 6.98. The summed E-state index contributed by atoms with van der Waals surface area (Å²) in [5.74, 6) is 0. The van der Waals surface area contributed by atoms with Gasteiger partial charge in [0.1, 0.15) is 0 Å². The van der Waals surface area contributed by atoms with E-state index in [1.54, 1.807) is 0 Å². The number of hydrogen-bond donors (Lipinski definition) is 1. The molecule has 0 aromatic heterocycles. The average Bonchev–Trinajstić information content (AvgIpc) is 2.29. The maximum atomic E-state index is 5.86. The molecule has 0 amide bonds. The number of nitrogens with one attached hydrogen (secondary N) is 1. The van der Waals surface area contributed by atoms with E-state index in [-0.39, 0.29) is 5.60 Å². The first-order chi connectivity index (χ1) is 8.11. The van der Waals surface area contributed by atoms with Gasteiger partial charge in [0.05, 0.1) is 5.60 Å². The summed E-state index contributed by atoms with van der Waals surface area (Å²) in [5, 5.41) is 3.60. The van der Waals surface area contributed by atoms with Gasteiger partial charge in [0.2, 0.25) is 0 Å². The molecule has 1 aliphatic rings. The van der Waals surface area contributed by atoms with E-state index in [2.05, 4.69) is 53.3 Å². The Balaban J connectivity index is 1.99. The number of benzene rings is 1. The number of hydrogen-bond acceptors (Lipinski definition) is 2. The maximum absolute atomic E-state index is 5.86. The first-order valence-electron chi connectivity index (χ1n) is 6.27. The van der Waals surface area contributed by atoms with Crippen molar-refractivity contribution in [1.29, 1.82) is 0 Å². The number of rotatable bonds is 3. The molecule has 1 aromatic carbocycles. The average molecular weight is 298 g/mol. The Hall–Kier alpha value is -0.540. The summed E-state index contributed by atoms with van der Waals surface area (Å²) in [6.07, 6.45) is 3.24. The van der Waals surface area contributed by atoms with Gasteiger partial charge in [0.25, 0.3) is 0 Å². The van der Waals surface area contributed by atoms with Crippen LogP contribution in [0.25, 0.3) is 0 Å². The van der Waals surface area contributed by atoms with Gasteiger partial charge in [-0.05, 0) is 44.4 Å². The molecular formula is C14H20BrNO. The molecule has 2 rings (SSSR count). The predicted molar refractivity (Wildman–Crippen MR) is 75.4 cm³/mol. The zero-order valence-electron chi connectivity index (χ0n) is 10.5. The molecule has 2 nitrogen and oxygen atoms in total. The van der Waals surface area contributed by atoms with Crippen molar-refractivity contribution in [1.82, 2.24) is 0 Å². The van der Waals surface area contributed by atoms with Crippen molar-refractivity contribution in [3.8, 4) is 0 Å². The summed E-state index contributed by atoms with van der Waals surface area (Å²) in [5.41, 5.74) is 1.23. The van der Waals surface area contributed by atoms with Crippen LogP contribution in [0.4, 0.5) is 5.69 Å². The van der Waals surface area contributed by atoms with Gasteiger partial charge in [-0.15, -0.1) is 0 Å². The molecule has 2 atom stereocenters. The van der Waals surface area contributed by atoms with Gasteiger partial charge in [-0.1, -0.05) is 28.9 Å². The van der Waals surface area contributed by atoms with Crippen LogP contribution in [0.3, 0.4) is 0 Å². The smallest absolute Gasteiger partial charge is 0.0671 e. The lowest BCUT2D eigenvalue weighted by molar-refractivity contribution is -0.0708. The van der Waals surface area contributed by atoms with Crippen LogP contribution >= 0.6 is 15.9 Å². The van der Waals surface area contributed by atoms with Crippen LogP contribution in [0.2, 0.25) is 0 Å². The lowest BCUT2D eigenvalue weighted by atomic mass is 9.90. The Morgan fingerprint density at radius 3 is 3.06 bits per heavy atom. The fourth-order valence-corrected chi connectivity index (χ4v) is 2.71. The zero-order valence-corrected chi connectivity index (χ0v) is 12.1. The first kappa shape index (κ1) is 12.9. The second kappa shape index (κ2) is 5.40. The minimum Gasteiger partial charge on any atom is -0.382 e. The van der Waals surface area contributed by atoms with Crippen molar-refractivity contribution < 1.29 is 4.74 Å². The van der Waals surface area contributed by atoms with Gasteiger partial charge in [0, 0.05) is 22.8 Å². The predicted octanol–water partition coefficient (Wildman–Crippen LogP) is 4.21. The molecule has 0 saturated carbocycles. The van der Waals surface area contributed by atoms with Crippen molar-refractivity contribution in [3.63, 3.8) is 0 Å². The van der Waals surface area contributed by atoms with E-state index in [1.165, 1.54) is 5.69 Å². The second-order valence-electron chi connectivity index (χ2n) is 5.00. The molecule has 1 saturated heterocycles. The van der Waals surface area contributed by atoms with Gasteiger partial charge >= 0.3 is 0 Å². The number of halogens is 1. The Morgan fingerprint density at radius 2 is 2.35 bits per heavy atom. The third-order valence-electron chi connectivity index (χ3n) is 3.54. The second-order valence-corrected chi connectivity index (χ2v) is 5.91. The largest absolute Gasteiger partial charge is 0.382 e. The minimum absolute atomic E-state index is 0.0436. The van der Waals surface area contributed by atoms with E-state index in [0.29, 0.717) is 6.04 Å². The van der Waals surface area contributed by atoms with E-state index < -0.39 is 0 Å². The molecule has 1 N–H and O–H groups in total. The van der Waals surface area contributed by atoms with Crippen molar-refractivity contribution >= 4 is 21.6 Å². The normalized spacial score (nSPS) is 29.0. The third kappa shape index (κ3) is 3.46. The highest BCUT2D eigenvalue weighted by atomic mass is 79.9. The summed E-state index contributed by atoms with van der Waals surface area (Å²) in [6, 6.07) is 8.86. The molecule has 94 valence electrons. The van der Waals surface area contributed by atoms with Crippen molar-refractivity contribution in [2.45, 2.75) is 44.8 Å². The molecule has 0 radical (unpaired) electrons. The van der Waals surface area contributed by atoms with Crippen molar-refractivity contribution in [3.05, 3.63) is 28.7 Å². The Bertz CT molecular complexity index is 382. The topological polar surface area (TPSA) is 21.3 Å². The monoisotopic (exact) mass is 297 g/mol. The quantitative estimate of drug-likeness (QED) is 0.902. The van der Waals surface area contributed by atoms with E-state index in [1.807, 2.05) is 6.07 Å². The number of ether oxygens (including phenoxy) is 1. The molecule has 0 spiro atoms. The molecule has 1 aromatic rings. The van der Waals surface area contributed by atoms with E-state index in [0.717, 1.165) is 30.3 Å². The molecule has 1 fully saturated rings. The third-order valence-corrected chi connectivity index (χ3v) is 4.03. The molecule has 0 bridgehead atoms. The SMILES string of the molecule is CCC1(C)CC(Nc2cccc(Br)c2)CCO1. The van der Waals surface area contributed by atoms with Gasteiger partial charge in [-0.3, -0.25) is 0 Å². The highest BCUT2D eigenvalue weighted by molar-refractivity contribution is 9.10. The van der Waals surface area contributed by atoms with E-state index in [9.17, 15) is 0 Å². The summed E-state index contributed by atoms with van der Waals surface area (Å²) in [6.45, 7) is 5.26. The Kier molecular flexibility index (Phi) is 4.10. The molecule has 17 heavy (non-hydrogen) atoms. The first-order valence-corrected chi connectivity index (χ1v) is 7.07. The van der Waals surface area contributed by atoms with Gasteiger partial charge < -0.3 is 10.1 Å². The Morgan fingerprint density at radius 1 is 1.53 bits per heavy atom. The van der Waals surface area contributed by atoms with Gasteiger partial charge in [-0.2, -0.15) is 0 Å². The van der Waals surface area contributed by atoms with Crippen LogP contribution in [0.5, 0.6) is 0 Å². The molecule has 1 heterocycles. The van der Waals surface area contributed by atoms with Crippen LogP contribution in [0.15, 0.2) is 28.7 Å². The summed E-state index contributed by atoms with van der Waals surface area (Å²) in [4.78, 5) is 0. The van der Waals surface area contributed by atoms with Crippen LogP contribution in [-0.2, 0) is 4.74 Å². The van der Waals surface area contributed by atoms with Crippen molar-refractivity contribution in [2.24, 2.45) is 0 Å². The molecule has 3 heteroatoms. The molecule has 1 aliphatic heterocycles. The fraction of sp³-hybridized carbons (Fsp3) is 0.571. The number of anilines is 1. The summed E-state index contributed by atoms with van der Waals surface area (Å²) >= 11 is 3.50. The van der Waals surface area contributed by atoms with Crippen LogP contribution < -0.4 is 5.32 Å². The highest BCUT2D eigenvalue weighted by Crippen LogP contribution is 2.29. The maximum Gasteiger partial charge on any atom is 0.0671 e. The van der Waals surface area contributed by atoms with Crippen LogP contribution in [0.1, 0.15) is 33.1 Å².